The molecule has 0 aliphatic rings. The lowest BCUT2D eigenvalue weighted by Gasteiger charge is -2.06. The number of benzene rings is 1. The van der Waals surface area contributed by atoms with E-state index in [0.29, 0.717) is 12.5 Å². The van der Waals surface area contributed by atoms with E-state index in [-0.39, 0.29) is 0 Å². The van der Waals surface area contributed by atoms with E-state index in [0.717, 1.165) is 17.9 Å². The van der Waals surface area contributed by atoms with Gasteiger partial charge in [0.25, 0.3) is 0 Å². The zero-order valence-electron chi connectivity index (χ0n) is 11.3. The summed E-state index contributed by atoms with van der Waals surface area (Å²) in [7, 11) is 0. The molecule has 96 valence electrons. The smallest absolute Gasteiger partial charge is 0.109 e. The first kappa shape index (κ1) is 12.8. The summed E-state index contributed by atoms with van der Waals surface area (Å²) in [5.41, 5.74) is 10.5. The Morgan fingerprint density at radius 1 is 1.28 bits per heavy atom. The van der Waals surface area contributed by atoms with Gasteiger partial charge in [-0.15, -0.1) is 0 Å². The molecule has 0 amide bonds. The van der Waals surface area contributed by atoms with Crippen molar-refractivity contribution >= 4 is 0 Å². The summed E-state index contributed by atoms with van der Waals surface area (Å²) in [5.74, 6) is 1.41. The summed E-state index contributed by atoms with van der Waals surface area (Å²) in [6, 6.07) is 6.47. The second-order valence-corrected chi connectivity index (χ2v) is 4.96. The second-order valence-electron chi connectivity index (χ2n) is 4.96. The molecule has 3 heteroatoms. The minimum absolute atomic E-state index is 0.385. The van der Waals surface area contributed by atoms with Crippen LogP contribution >= 0.6 is 0 Å². The number of hydrogen-bond donors (Lipinski definition) is 2. The van der Waals surface area contributed by atoms with Gasteiger partial charge in [-0.25, -0.2) is 4.98 Å². The molecule has 1 atom stereocenters. The lowest BCUT2D eigenvalue weighted by molar-refractivity contribution is 0.655. The third-order valence-electron chi connectivity index (χ3n) is 3.48. The second kappa shape index (κ2) is 5.36. The molecule has 1 aromatic carbocycles. The zero-order chi connectivity index (χ0) is 13.1. The Kier molecular flexibility index (Phi) is 3.82. The van der Waals surface area contributed by atoms with Gasteiger partial charge in [0, 0.05) is 5.92 Å². The number of rotatable bonds is 4. The fourth-order valence-electron chi connectivity index (χ4n) is 2.03. The van der Waals surface area contributed by atoms with E-state index in [1.165, 1.54) is 16.7 Å². The van der Waals surface area contributed by atoms with Crippen LogP contribution in [-0.2, 0) is 0 Å². The highest BCUT2D eigenvalue weighted by molar-refractivity contribution is 5.60. The molecule has 0 saturated heterocycles. The molecule has 3 nitrogen and oxygen atoms in total. The van der Waals surface area contributed by atoms with Crippen molar-refractivity contribution in [3.63, 3.8) is 0 Å². The first-order valence-electron chi connectivity index (χ1n) is 6.44. The molecule has 0 saturated carbocycles. The molecule has 0 aliphatic carbocycles. The van der Waals surface area contributed by atoms with Gasteiger partial charge in [0.2, 0.25) is 0 Å². The molecule has 0 spiro atoms. The van der Waals surface area contributed by atoms with Crippen molar-refractivity contribution < 1.29 is 0 Å². The molecule has 0 fully saturated rings. The molecule has 2 aromatic rings. The van der Waals surface area contributed by atoms with Gasteiger partial charge in [-0.2, -0.15) is 0 Å². The van der Waals surface area contributed by atoms with Crippen LogP contribution in [0.1, 0.15) is 36.2 Å². The average molecular weight is 243 g/mol. The molecule has 1 unspecified atom stereocenters. The first-order valence-corrected chi connectivity index (χ1v) is 6.44. The van der Waals surface area contributed by atoms with Crippen molar-refractivity contribution in [2.24, 2.45) is 5.73 Å². The summed E-state index contributed by atoms with van der Waals surface area (Å²) in [4.78, 5) is 7.85. The predicted molar refractivity (Wildman–Crippen MR) is 75.6 cm³/mol. The number of nitrogens with zero attached hydrogens (tertiary/aromatic N) is 1. The maximum Gasteiger partial charge on any atom is 0.109 e. The quantitative estimate of drug-likeness (QED) is 0.866. The van der Waals surface area contributed by atoms with E-state index in [2.05, 4.69) is 48.9 Å². The predicted octanol–water partition coefficient (Wildman–Crippen LogP) is 3.15. The van der Waals surface area contributed by atoms with Gasteiger partial charge in [0.15, 0.2) is 0 Å². The summed E-state index contributed by atoms with van der Waals surface area (Å²) in [6.45, 7) is 7.10. The molecule has 0 radical (unpaired) electrons. The van der Waals surface area contributed by atoms with Crippen LogP contribution < -0.4 is 5.73 Å². The summed E-state index contributed by atoms with van der Waals surface area (Å²) < 4.78 is 0. The van der Waals surface area contributed by atoms with Crippen LogP contribution in [0.4, 0.5) is 0 Å². The van der Waals surface area contributed by atoms with Crippen molar-refractivity contribution in [1.82, 2.24) is 9.97 Å². The van der Waals surface area contributed by atoms with Gasteiger partial charge in [0.05, 0.1) is 11.9 Å². The molecule has 1 aromatic heterocycles. The molecule has 0 bridgehead atoms. The van der Waals surface area contributed by atoms with Crippen molar-refractivity contribution in [3.05, 3.63) is 41.3 Å². The highest BCUT2D eigenvalue weighted by Crippen LogP contribution is 2.23. The van der Waals surface area contributed by atoms with E-state index in [1.54, 1.807) is 0 Å². The van der Waals surface area contributed by atoms with Crippen molar-refractivity contribution in [2.45, 2.75) is 33.1 Å². The summed E-state index contributed by atoms with van der Waals surface area (Å²) in [6.07, 6.45) is 2.87. The summed E-state index contributed by atoms with van der Waals surface area (Å²) in [5, 5.41) is 0. The van der Waals surface area contributed by atoms with Gasteiger partial charge < -0.3 is 10.7 Å². The number of imidazole rings is 1. The molecular weight excluding hydrogens is 222 g/mol. The first-order chi connectivity index (χ1) is 8.61. The zero-order valence-corrected chi connectivity index (χ0v) is 11.3. The van der Waals surface area contributed by atoms with Gasteiger partial charge in [-0.1, -0.05) is 19.1 Å². The number of aromatic amines is 1. The number of nitrogens with one attached hydrogen (secondary N) is 1. The van der Waals surface area contributed by atoms with Crippen LogP contribution in [0.5, 0.6) is 0 Å². The molecule has 0 aliphatic heterocycles. The molecular formula is C15H21N3. The minimum Gasteiger partial charge on any atom is -0.342 e. The van der Waals surface area contributed by atoms with E-state index in [1.807, 2.05) is 6.20 Å². The van der Waals surface area contributed by atoms with E-state index in [4.69, 9.17) is 5.73 Å². The van der Waals surface area contributed by atoms with Gasteiger partial charge in [-0.3, -0.25) is 0 Å². The van der Waals surface area contributed by atoms with E-state index >= 15 is 0 Å². The Morgan fingerprint density at radius 2 is 2.06 bits per heavy atom. The Balaban J connectivity index is 2.26. The topological polar surface area (TPSA) is 54.7 Å². The largest absolute Gasteiger partial charge is 0.342 e. The third-order valence-corrected chi connectivity index (χ3v) is 3.48. The average Bonchev–Trinajstić information content (AvgIpc) is 2.82. The van der Waals surface area contributed by atoms with E-state index in [9.17, 15) is 0 Å². The van der Waals surface area contributed by atoms with Gasteiger partial charge in [-0.05, 0) is 49.6 Å². The molecule has 2 rings (SSSR count). The fraction of sp³-hybridized carbons (Fsp3) is 0.400. The van der Waals surface area contributed by atoms with Crippen LogP contribution in [0, 0.1) is 13.8 Å². The maximum atomic E-state index is 5.58. The molecule has 18 heavy (non-hydrogen) atoms. The van der Waals surface area contributed by atoms with Gasteiger partial charge >= 0.3 is 0 Å². The SMILES string of the molecule is Cc1ccc(-c2cnc(C(C)CCN)[nH]2)cc1C. The Labute approximate surface area is 108 Å². The molecule has 3 N–H and O–H groups in total. The number of hydrogen-bond acceptors (Lipinski definition) is 2. The van der Waals surface area contributed by atoms with Crippen LogP contribution in [0.15, 0.2) is 24.4 Å². The number of nitrogens with two attached hydrogens (primary N) is 1. The van der Waals surface area contributed by atoms with Crippen LogP contribution in [0.2, 0.25) is 0 Å². The maximum absolute atomic E-state index is 5.58. The standard InChI is InChI=1S/C15H21N3/c1-10-4-5-13(8-12(10)3)14-9-17-15(18-14)11(2)6-7-16/h4-5,8-9,11H,6-7,16H2,1-3H3,(H,17,18). The number of H-pyrrole nitrogens is 1. The lowest BCUT2D eigenvalue weighted by Crippen LogP contribution is -2.05. The van der Waals surface area contributed by atoms with Crippen LogP contribution in [0.3, 0.4) is 0 Å². The minimum atomic E-state index is 0.385. The van der Waals surface area contributed by atoms with Crippen molar-refractivity contribution in [3.8, 4) is 11.3 Å². The Hall–Kier alpha value is -1.61. The van der Waals surface area contributed by atoms with Crippen molar-refractivity contribution in [1.29, 1.82) is 0 Å². The fourth-order valence-corrected chi connectivity index (χ4v) is 2.03. The van der Waals surface area contributed by atoms with Crippen molar-refractivity contribution in [2.75, 3.05) is 6.54 Å². The van der Waals surface area contributed by atoms with Crippen LogP contribution in [-0.4, -0.2) is 16.5 Å². The Morgan fingerprint density at radius 3 is 2.72 bits per heavy atom. The third kappa shape index (κ3) is 2.62. The highest BCUT2D eigenvalue weighted by Gasteiger charge is 2.10. The Bertz CT molecular complexity index is 528. The number of aryl methyl sites for hydroxylation is 2. The van der Waals surface area contributed by atoms with E-state index < -0.39 is 0 Å². The molecule has 1 heterocycles. The monoisotopic (exact) mass is 243 g/mol. The summed E-state index contributed by atoms with van der Waals surface area (Å²) >= 11 is 0. The lowest BCUT2D eigenvalue weighted by atomic mass is 10.0. The normalized spacial score (nSPS) is 12.7. The number of aromatic nitrogens is 2. The van der Waals surface area contributed by atoms with Crippen LogP contribution in [0.25, 0.3) is 11.3 Å². The highest BCUT2D eigenvalue weighted by atomic mass is 14.9. The van der Waals surface area contributed by atoms with Gasteiger partial charge in [0.1, 0.15) is 5.82 Å².